The Bertz CT molecular complexity index is 5910. The van der Waals surface area contributed by atoms with Gasteiger partial charge in [0.25, 0.3) is 29.1 Å². The molecule has 0 N–H and O–H groups in total. The summed E-state index contributed by atoms with van der Waals surface area (Å²) in [4.78, 5) is 0. The maximum absolute atomic E-state index is 8.68. The second-order valence-corrected chi connectivity index (χ2v) is 43.3. The molecule has 646 valence electrons. The predicted octanol–water partition coefficient (Wildman–Crippen LogP) is 25.8. The van der Waals surface area contributed by atoms with Crippen molar-refractivity contribution in [2.45, 2.75) is 328 Å². The number of aryl methyl sites for hydroxylation is 5. The highest BCUT2D eigenvalue weighted by molar-refractivity contribution is 5.60. The van der Waals surface area contributed by atoms with Gasteiger partial charge in [-0.25, -0.2) is 22.8 Å². The Hall–Kier alpha value is -9.93. The van der Waals surface area contributed by atoms with Gasteiger partial charge in [0.05, 0.1) is 28.4 Å². The van der Waals surface area contributed by atoms with Crippen LogP contribution < -0.4 is 22.8 Å². The van der Waals surface area contributed by atoms with Crippen LogP contribution in [0.5, 0.6) is 0 Å². The molecule has 6 aromatic carbocycles. The highest BCUT2D eigenvalue weighted by atomic mass is 15.3. The van der Waals surface area contributed by atoms with Crippen LogP contribution in [0.3, 0.4) is 0 Å². The Kier molecular flexibility index (Phi) is 23.5. The molecule has 2 aliphatic carbocycles. The lowest BCUT2D eigenvalue weighted by molar-refractivity contribution is -0.763. The molecule has 0 bridgehead atoms. The SMILES string of the molecule is Cc1ccccc1-n1c(C)c2[n+](c1C(C)(C)C)C(C)(C)C=C2.Cc1ccccc1-n1c(C)c2[n+](c1C(C)(C)C)C(C)(C1CCCC1)C=C2.Cc1ccccc1-n1c(C)c2[n+](c1C(C)(C)C)C(C)(C1CCCCC1)C=C2.Cc1ccccc1-n1c(C)c2[n+](c1C(C)(C)C)C(C)(c1ccccc1)C=C2.[2H]C1(C)C=Cc2c(C)n(-c3ccccc3C)c(C(C)(C)C)[n+]21. The van der Waals surface area contributed by atoms with Crippen molar-refractivity contribution in [1.29, 1.82) is 0 Å². The minimum Gasteiger partial charge on any atom is -0.221 e. The van der Waals surface area contributed by atoms with Crippen LogP contribution in [0.15, 0.2) is 182 Å². The van der Waals surface area contributed by atoms with E-state index in [4.69, 9.17) is 1.37 Å². The van der Waals surface area contributed by atoms with E-state index in [1.165, 1.54) is 200 Å². The average molecular weight is 1650 g/mol. The highest BCUT2D eigenvalue weighted by Crippen LogP contribution is 2.47. The number of para-hydroxylation sites is 5. The molecule has 10 nitrogen and oxygen atoms in total. The lowest BCUT2D eigenvalue weighted by atomic mass is 9.75. The zero-order chi connectivity index (χ0) is 90.1. The minimum atomic E-state index is -0.726. The van der Waals surface area contributed by atoms with Crippen molar-refractivity contribution in [1.82, 2.24) is 22.8 Å². The highest BCUT2D eigenvalue weighted by Gasteiger charge is 2.54. The third kappa shape index (κ3) is 15.8. The van der Waals surface area contributed by atoms with Crippen LogP contribution in [-0.2, 0) is 49.2 Å². The van der Waals surface area contributed by atoms with Crippen LogP contribution in [0.1, 0.15) is 330 Å². The fourth-order valence-electron chi connectivity index (χ4n) is 21.9. The molecule has 11 aromatic rings. The molecule has 0 amide bonds. The molecule has 7 aliphatic rings. The largest absolute Gasteiger partial charge is 0.268 e. The van der Waals surface area contributed by atoms with Crippen molar-refractivity contribution in [3.8, 4) is 28.4 Å². The molecule has 0 radical (unpaired) electrons. The van der Waals surface area contributed by atoms with Crippen LogP contribution in [-0.4, -0.2) is 22.8 Å². The lowest BCUT2D eigenvalue weighted by Crippen LogP contribution is -2.60. The van der Waals surface area contributed by atoms with E-state index in [2.05, 4.69) is 460 Å². The normalized spacial score (nSPS) is 20.6. The Morgan fingerprint density at radius 3 is 0.911 bits per heavy atom. The smallest absolute Gasteiger partial charge is 0.221 e. The number of allylic oxidation sites excluding steroid dienone is 5. The summed E-state index contributed by atoms with van der Waals surface area (Å²) in [6.45, 7) is 70.7. The molecule has 0 spiro atoms. The van der Waals surface area contributed by atoms with Gasteiger partial charge in [-0.3, -0.25) is 0 Å². The summed E-state index contributed by atoms with van der Waals surface area (Å²) in [5, 5.41) is 0. The van der Waals surface area contributed by atoms with Crippen molar-refractivity contribution >= 4 is 30.4 Å². The molecule has 123 heavy (non-hydrogen) atoms. The average Bonchev–Trinajstić information content (AvgIpc) is 1.56. The van der Waals surface area contributed by atoms with Crippen molar-refractivity contribution in [2.75, 3.05) is 0 Å². The molecule has 5 aliphatic heterocycles. The van der Waals surface area contributed by atoms with E-state index in [0.717, 1.165) is 17.5 Å². The maximum Gasteiger partial charge on any atom is 0.268 e. The molecular formula is C113H149N10+5. The number of aromatic nitrogens is 10. The van der Waals surface area contributed by atoms with Gasteiger partial charge in [0.2, 0.25) is 0 Å². The molecule has 10 heteroatoms. The molecule has 10 heterocycles. The van der Waals surface area contributed by atoms with Crippen LogP contribution in [0, 0.1) is 81.1 Å². The van der Waals surface area contributed by atoms with Gasteiger partial charge in [0, 0.05) is 52.0 Å². The van der Waals surface area contributed by atoms with Crippen LogP contribution in [0.25, 0.3) is 58.8 Å². The Morgan fingerprint density at radius 2 is 0.569 bits per heavy atom. The fourth-order valence-corrected chi connectivity index (χ4v) is 21.9. The Balaban J connectivity index is 0.000000127. The van der Waals surface area contributed by atoms with Gasteiger partial charge in [-0.05, 0) is 325 Å². The van der Waals surface area contributed by atoms with Crippen LogP contribution in [0.2, 0.25) is 0 Å². The summed E-state index contributed by atoms with van der Waals surface area (Å²) >= 11 is 0. The summed E-state index contributed by atoms with van der Waals surface area (Å²) in [6, 6.07) is 53.5. The number of benzene rings is 6. The maximum atomic E-state index is 8.68. The number of hydrogen-bond donors (Lipinski definition) is 0. The summed E-state index contributed by atoms with van der Waals surface area (Å²) in [5.74, 6) is 8.23. The molecule has 18 rings (SSSR count). The Morgan fingerprint density at radius 1 is 0.301 bits per heavy atom. The molecular weight excluding hydrogens is 1500 g/mol. The van der Waals surface area contributed by atoms with Gasteiger partial charge in [-0.15, -0.1) is 0 Å². The van der Waals surface area contributed by atoms with Crippen LogP contribution in [0.4, 0.5) is 0 Å². The number of nitrogens with zero attached hydrogens (tertiary/aromatic N) is 10. The molecule has 5 aromatic heterocycles. The predicted molar refractivity (Wildman–Crippen MR) is 515 cm³/mol. The van der Waals surface area contributed by atoms with E-state index in [1.807, 2.05) is 13.0 Å². The quantitative estimate of drug-likeness (QED) is 0.136. The first-order valence-electron chi connectivity index (χ1n) is 46.8. The van der Waals surface area contributed by atoms with Gasteiger partial charge < -0.3 is 0 Å². The standard InChI is InChI=1S/C25H35N2.C25H29N2.C24H33N2.C20H27N2.C19H25N2/c2*1-18-12-10-11-15-21(18)26-19(2)22-16-17-25(6,20-13-8-7-9-14-20)27(22)23(26)24(3,4)5;1-17-11-7-10-14-20(17)25-18(2)21-15-16-24(6,19-12-8-9-13-19)26(21)22(25)23(3,4)5;1-14-10-8-9-11-16(14)21-15(2)17-12-13-20(6,7)22(17)18(21)19(3,4)5;1-13-9-7-8-10-16(13)21-15(3)17-12-11-14(2)20(17)18(21)19(4,5)6/h10-12,15-17,20H,7-9,13-14H2,1-6H3;7-17H,1-6H3;7,10-11,14-16,19H,8-9,12-13H2,1-6H3;8-13H,1-7H3;7-12,14H,1-6H3/q5*+1/i;;;;14D. The zero-order valence-corrected chi connectivity index (χ0v) is 81.2. The van der Waals surface area contributed by atoms with Crippen molar-refractivity contribution in [2.24, 2.45) is 11.8 Å². The van der Waals surface area contributed by atoms with Crippen molar-refractivity contribution in [3.05, 3.63) is 301 Å². The third-order valence-corrected chi connectivity index (χ3v) is 28.2. The van der Waals surface area contributed by atoms with E-state index in [0.29, 0.717) is 0 Å². The first-order chi connectivity index (χ1) is 58.0. The zero-order valence-electron chi connectivity index (χ0n) is 82.2. The first kappa shape index (κ1) is 88.0. The van der Waals surface area contributed by atoms with Crippen LogP contribution >= 0.6 is 0 Å². The van der Waals surface area contributed by atoms with Gasteiger partial charge in [0.15, 0.2) is 62.5 Å². The summed E-state index contributed by atoms with van der Waals surface area (Å²) in [5.41, 5.74) is 27.5. The molecule has 4 unspecified atom stereocenters. The van der Waals surface area contributed by atoms with Crippen molar-refractivity contribution in [3.63, 3.8) is 0 Å². The summed E-state index contributed by atoms with van der Waals surface area (Å²) < 4.78 is 33.6. The van der Waals surface area contributed by atoms with E-state index < -0.39 is 6.02 Å². The first-order valence-corrected chi connectivity index (χ1v) is 46.3. The third-order valence-electron chi connectivity index (χ3n) is 28.2. The van der Waals surface area contributed by atoms with E-state index in [1.54, 1.807) is 0 Å². The molecule has 4 atom stereocenters. The van der Waals surface area contributed by atoms with E-state index in [9.17, 15) is 0 Å². The van der Waals surface area contributed by atoms with Gasteiger partial charge in [-0.2, -0.15) is 22.8 Å². The molecule has 0 saturated heterocycles. The number of rotatable bonds is 8. The topological polar surface area (TPSA) is 44.0 Å². The number of imidazole rings is 5. The van der Waals surface area contributed by atoms with Gasteiger partial charge >= 0.3 is 0 Å². The molecule has 2 saturated carbocycles. The molecule has 2 fully saturated rings. The van der Waals surface area contributed by atoms with Gasteiger partial charge in [0.1, 0.15) is 51.1 Å². The van der Waals surface area contributed by atoms with E-state index in [-0.39, 0.29) is 49.2 Å². The minimum absolute atomic E-state index is 0.00660. The summed E-state index contributed by atoms with van der Waals surface area (Å²) in [7, 11) is 0. The fraction of sp³-hybridized carbons (Fsp3) is 0.460. The lowest BCUT2D eigenvalue weighted by Gasteiger charge is -2.35. The monoisotopic (exact) mass is 1650 g/mol. The van der Waals surface area contributed by atoms with E-state index >= 15 is 0 Å². The summed E-state index contributed by atoms with van der Waals surface area (Å²) in [6.07, 6.45) is 35.4. The number of fused-ring (bicyclic) bond motifs is 5. The Labute approximate surface area is 742 Å². The van der Waals surface area contributed by atoms with Gasteiger partial charge in [-0.1, -0.05) is 153 Å². The second kappa shape index (κ2) is 32.9. The second-order valence-electron chi connectivity index (χ2n) is 43.3. The van der Waals surface area contributed by atoms with Crippen molar-refractivity contribution < 1.29 is 24.2 Å². The number of hydrogen-bond acceptors (Lipinski definition) is 0.